The molecule has 1 radical (unpaired) electrons. The molecule has 27 valence electrons. The molecule has 5 heavy (non-hydrogen) atoms. The molecule has 0 aromatic heterocycles. The van der Waals surface area contributed by atoms with Crippen LogP contribution in [0.4, 0.5) is 0 Å². The molecule has 0 atom stereocenters. The Labute approximate surface area is 42.2 Å². The van der Waals surface area contributed by atoms with Crippen molar-refractivity contribution in [1.82, 2.24) is 0 Å². The van der Waals surface area contributed by atoms with Crippen LogP contribution in [0.1, 0.15) is 0 Å². The lowest BCUT2D eigenvalue weighted by molar-refractivity contribution is 2.68. The third-order valence-electron chi connectivity index (χ3n) is 0.131. The maximum Gasteiger partial charge on any atom is 0.0263 e. The Bertz CT molecular complexity index is 55.9. The van der Waals surface area contributed by atoms with Crippen molar-refractivity contribution in [3.8, 4) is 0 Å². The van der Waals surface area contributed by atoms with Crippen molar-refractivity contribution >= 4 is 34.7 Å². The molecule has 0 aliphatic carbocycles. The fraction of sp³-hybridized carbons (Fsp3) is 0. The molecule has 0 rings (SSSR count). The second-order valence-electron chi connectivity index (χ2n) is 0.584. The fourth-order valence-corrected chi connectivity index (χ4v) is 0. The molecule has 0 saturated heterocycles. The van der Waals surface area contributed by atoms with Gasteiger partial charge >= 0.3 is 0 Å². The van der Waals surface area contributed by atoms with Crippen molar-refractivity contribution < 1.29 is 0 Å². The zero-order chi connectivity index (χ0) is 4.28. The lowest BCUT2D eigenvalue weighted by Gasteiger charge is -1.65. The minimum absolute atomic E-state index is 0.528. The average Bonchev–Trinajstić information content (AvgIpc) is 1.38. The molecule has 2 heteroatoms. The second-order valence-corrected chi connectivity index (χ2v) is 1.34. The van der Waals surface area contributed by atoms with Crippen LogP contribution in [0.3, 0.4) is 0 Å². The zero-order valence-corrected chi connectivity index (χ0v) is 4.23. The zero-order valence-electron chi connectivity index (χ0n) is 2.60. The van der Waals surface area contributed by atoms with Crippen LogP contribution < -0.4 is 0 Å². The first-order chi connectivity index (χ1) is 2.27. The van der Waals surface area contributed by atoms with Crippen molar-refractivity contribution in [3.63, 3.8) is 0 Å². The van der Waals surface area contributed by atoms with Gasteiger partial charge in [0.15, 0.2) is 0 Å². The third-order valence-corrected chi connectivity index (χ3v) is 0.683. The van der Waals surface area contributed by atoms with Gasteiger partial charge in [-0.3, -0.25) is 0 Å². The molecule has 0 aromatic rings. The summed E-state index contributed by atoms with van der Waals surface area (Å²) in [5, 5.41) is 1.37. The summed E-state index contributed by atoms with van der Waals surface area (Å²) >= 11 is 8.77. The Balaban J connectivity index is 3.20. The molecule has 0 bridgehead atoms. The van der Waals surface area contributed by atoms with Gasteiger partial charge in [-0.05, 0) is 6.92 Å². The highest BCUT2D eigenvalue weighted by Crippen LogP contribution is 1.62. The van der Waals surface area contributed by atoms with Crippen molar-refractivity contribution in [3.05, 3.63) is 6.92 Å². The van der Waals surface area contributed by atoms with Gasteiger partial charge in [0.25, 0.3) is 0 Å². The number of rotatable bonds is 1. The molecular formula is C3H3S2. The standard InChI is InChI=1S/C3H3S2/c1-3(5)2-4/h2H,1H2. The van der Waals surface area contributed by atoms with Gasteiger partial charge in [-0.15, -0.1) is 0 Å². The molecule has 0 nitrogen and oxygen atoms in total. The van der Waals surface area contributed by atoms with Crippen LogP contribution in [0.2, 0.25) is 0 Å². The largest absolute Gasteiger partial charge is 0.0875 e. The Morgan fingerprint density at radius 2 is 2.00 bits per heavy atom. The quantitative estimate of drug-likeness (QED) is 0.457. The first-order valence-electron chi connectivity index (χ1n) is 1.08. The van der Waals surface area contributed by atoms with Crippen LogP contribution in [0.15, 0.2) is 0 Å². The van der Waals surface area contributed by atoms with Gasteiger partial charge in [0, 0.05) is 10.2 Å². The number of hydrogen-bond acceptors (Lipinski definition) is 2. The first-order valence-corrected chi connectivity index (χ1v) is 1.96. The van der Waals surface area contributed by atoms with Crippen molar-refractivity contribution in [2.75, 3.05) is 0 Å². The summed E-state index contributed by atoms with van der Waals surface area (Å²) in [5.74, 6) is 0. The van der Waals surface area contributed by atoms with Crippen molar-refractivity contribution in [2.24, 2.45) is 0 Å². The molecule has 0 unspecified atom stereocenters. The summed E-state index contributed by atoms with van der Waals surface area (Å²) in [6, 6.07) is 0. The summed E-state index contributed by atoms with van der Waals surface area (Å²) in [5.41, 5.74) is 0. The summed E-state index contributed by atoms with van der Waals surface area (Å²) in [6.45, 7) is 3.33. The van der Waals surface area contributed by atoms with Gasteiger partial charge in [0.05, 0.1) is 0 Å². The van der Waals surface area contributed by atoms with E-state index in [0.717, 1.165) is 0 Å². The summed E-state index contributed by atoms with van der Waals surface area (Å²) in [4.78, 5) is 0.528. The lowest BCUT2D eigenvalue weighted by atomic mass is 10.6. The normalized spacial score (nSPS) is 6.60. The smallest absolute Gasteiger partial charge is 0.0263 e. The van der Waals surface area contributed by atoms with Gasteiger partial charge in [-0.25, -0.2) is 0 Å². The highest BCUT2D eigenvalue weighted by molar-refractivity contribution is 7.88. The molecule has 0 aliphatic heterocycles. The highest BCUT2D eigenvalue weighted by Gasteiger charge is 1.66. The topological polar surface area (TPSA) is 0 Å². The minimum Gasteiger partial charge on any atom is -0.0875 e. The number of thiocarbonyl (C=S) groups is 2. The lowest BCUT2D eigenvalue weighted by Crippen LogP contribution is -1.79. The summed E-state index contributed by atoms with van der Waals surface area (Å²) in [7, 11) is 0. The molecule has 0 N–H and O–H groups in total. The van der Waals surface area contributed by atoms with E-state index in [1.165, 1.54) is 5.37 Å². The van der Waals surface area contributed by atoms with Crippen molar-refractivity contribution in [1.29, 1.82) is 0 Å². The van der Waals surface area contributed by atoms with E-state index in [0.29, 0.717) is 4.86 Å². The van der Waals surface area contributed by atoms with Crippen LogP contribution >= 0.6 is 24.4 Å². The Kier molecular flexibility index (Phi) is 2.51. The molecule has 0 amide bonds. The second kappa shape index (κ2) is 2.42. The highest BCUT2D eigenvalue weighted by atomic mass is 32.1. The maximum atomic E-state index is 4.43. The van der Waals surface area contributed by atoms with Crippen molar-refractivity contribution in [2.45, 2.75) is 0 Å². The van der Waals surface area contributed by atoms with E-state index in [9.17, 15) is 0 Å². The molecular weight excluding hydrogens is 100 g/mol. The Morgan fingerprint density at radius 3 is 2.00 bits per heavy atom. The van der Waals surface area contributed by atoms with E-state index >= 15 is 0 Å². The van der Waals surface area contributed by atoms with E-state index in [1.54, 1.807) is 0 Å². The first kappa shape index (κ1) is 5.18. The van der Waals surface area contributed by atoms with Gasteiger partial charge in [0.2, 0.25) is 0 Å². The van der Waals surface area contributed by atoms with Gasteiger partial charge in [-0.2, -0.15) is 0 Å². The molecule has 0 aliphatic rings. The van der Waals surface area contributed by atoms with Gasteiger partial charge < -0.3 is 0 Å². The predicted octanol–water partition coefficient (Wildman–Crippen LogP) is 1.19. The molecule has 0 heterocycles. The van der Waals surface area contributed by atoms with E-state index in [1.807, 2.05) is 0 Å². The molecule has 0 aromatic carbocycles. The van der Waals surface area contributed by atoms with Crippen LogP contribution in [-0.2, 0) is 0 Å². The van der Waals surface area contributed by atoms with E-state index in [2.05, 4.69) is 31.4 Å². The SMILES string of the molecule is [CH2]C(=S)C=S. The average molecular weight is 103 g/mol. The molecule has 0 saturated carbocycles. The minimum atomic E-state index is 0.528. The van der Waals surface area contributed by atoms with Crippen LogP contribution in [-0.4, -0.2) is 10.2 Å². The fourth-order valence-electron chi connectivity index (χ4n) is 0. The third kappa shape index (κ3) is 4.18. The molecule has 0 spiro atoms. The summed E-state index contributed by atoms with van der Waals surface area (Å²) < 4.78 is 0. The van der Waals surface area contributed by atoms with E-state index in [4.69, 9.17) is 0 Å². The van der Waals surface area contributed by atoms with Gasteiger partial charge in [0.1, 0.15) is 0 Å². The maximum absolute atomic E-state index is 4.43. The van der Waals surface area contributed by atoms with Crippen LogP contribution in [0, 0.1) is 6.92 Å². The Morgan fingerprint density at radius 1 is 1.80 bits per heavy atom. The van der Waals surface area contributed by atoms with E-state index < -0.39 is 0 Å². The Hall–Kier alpha value is 0.180. The van der Waals surface area contributed by atoms with Crippen LogP contribution in [0.25, 0.3) is 0 Å². The monoisotopic (exact) mass is 103 g/mol. The van der Waals surface area contributed by atoms with E-state index in [-0.39, 0.29) is 0 Å². The molecule has 0 fully saturated rings. The number of hydrogen-bond donors (Lipinski definition) is 0. The van der Waals surface area contributed by atoms with Crippen LogP contribution in [0.5, 0.6) is 0 Å². The van der Waals surface area contributed by atoms with Gasteiger partial charge in [-0.1, -0.05) is 24.4 Å². The summed E-state index contributed by atoms with van der Waals surface area (Å²) in [6.07, 6.45) is 0. The predicted molar refractivity (Wildman–Crippen MR) is 31.6 cm³/mol.